The average Bonchev–Trinajstić information content (AvgIpc) is 2.27. The molecule has 17 heavy (non-hydrogen) atoms. The second-order valence-electron chi connectivity index (χ2n) is 3.83. The molecule has 88 valence electrons. The summed E-state index contributed by atoms with van der Waals surface area (Å²) in [5.41, 5.74) is 2.08. The van der Waals surface area contributed by atoms with Gasteiger partial charge in [0.05, 0.1) is 0 Å². The van der Waals surface area contributed by atoms with Gasteiger partial charge in [0.1, 0.15) is 12.4 Å². The topological polar surface area (TPSA) is 9.23 Å². The van der Waals surface area contributed by atoms with Crippen molar-refractivity contribution in [2.45, 2.75) is 13.5 Å². The van der Waals surface area contributed by atoms with E-state index in [1.54, 1.807) is 6.07 Å². The van der Waals surface area contributed by atoms with Crippen LogP contribution in [0.15, 0.2) is 42.5 Å². The van der Waals surface area contributed by atoms with Crippen LogP contribution < -0.4 is 4.74 Å². The van der Waals surface area contributed by atoms with Crippen molar-refractivity contribution in [1.82, 2.24) is 0 Å². The third-order valence-electron chi connectivity index (χ3n) is 2.41. The first-order chi connectivity index (χ1) is 8.15. The molecule has 3 heteroatoms. The van der Waals surface area contributed by atoms with Crippen LogP contribution in [-0.4, -0.2) is 0 Å². The Morgan fingerprint density at radius 2 is 1.65 bits per heavy atom. The zero-order valence-corrected chi connectivity index (χ0v) is 10.9. The molecule has 0 bridgehead atoms. The van der Waals surface area contributed by atoms with Crippen LogP contribution in [0.4, 0.5) is 0 Å². The fourth-order valence-electron chi connectivity index (χ4n) is 1.57. The molecule has 0 spiro atoms. The van der Waals surface area contributed by atoms with Crippen molar-refractivity contribution in [1.29, 1.82) is 0 Å². The van der Waals surface area contributed by atoms with Gasteiger partial charge in [0, 0.05) is 10.0 Å². The van der Waals surface area contributed by atoms with Crippen LogP contribution in [0.25, 0.3) is 0 Å². The van der Waals surface area contributed by atoms with Gasteiger partial charge in [0.25, 0.3) is 0 Å². The lowest BCUT2D eigenvalue weighted by Crippen LogP contribution is -1.96. The minimum absolute atomic E-state index is 0.463. The summed E-state index contributed by atoms with van der Waals surface area (Å²) < 4.78 is 5.72. The first kappa shape index (κ1) is 12.3. The van der Waals surface area contributed by atoms with Gasteiger partial charge in [0.2, 0.25) is 0 Å². The van der Waals surface area contributed by atoms with Crippen molar-refractivity contribution in [2.75, 3.05) is 0 Å². The largest absolute Gasteiger partial charge is 0.489 e. The highest BCUT2D eigenvalue weighted by Crippen LogP contribution is 2.22. The molecule has 1 nitrogen and oxygen atoms in total. The van der Waals surface area contributed by atoms with E-state index in [1.165, 1.54) is 0 Å². The summed E-state index contributed by atoms with van der Waals surface area (Å²) in [5, 5.41) is 1.25. The summed E-state index contributed by atoms with van der Waals surface area (Å²) in [4.78, 5) is 0. The Kier molecular flexibility index (Phi) is 3.93. The second-order valence-corrected chi connectivity index (χ2v) is 4.70. The molecule has 0 saturated heterocycles. The van der Waals surface area contributed by atoms with Crippen molar-refractivity contribution in [3.8, 4) is 5.75 Å². The van der Waals surface area contributed by atoms with E-state index in [-0.39, 0.29) is 0 Å². The van der Waals surface area contributed by atoms with Crippen LogP contribution in [0.5, 0.6) is 5.75 Å². The minimum atomic E-state index is 0.463. The van der Waals surface area contributed by atoms with Crippen molar-refractivity contribution in [2.24, 2.45) is 0 Å². The number of benzene rings is 2. The second kappa shape index (κ2) is 5.44. The molecule has 0 atom stereocenters. The molecule has 0 saturated carbocycles. The number of para-hydroxylation sites is 1. The number of aryl methyl sites for hydroxylation is 1. The van der Waals surface area contributed by atoms with Crippen LogP contribution in [-0.2, 0) is 6.61 Å². The van der Waals surface area contributed by atoms with Gasteiger partial charge in [-0.3, -0.25) is 0 Å². The lowest BCUT2D eigenvalue weighted by Gasteiger charge is -2.09. The molecule has 2 rings (SSSR count). The smallest absolute Gasteiger partial charge is 0.122 e. The van der Waals surface area contributed by atoms with Gasteiger partial charge < -0.3 is 4.74 Å². The molecule has 0 aromatic heterocycles. The van der Waals surface area contributed by atoms with Gasteiger partial charge in [0.15, 0.2) is 0 Å². The molecular weight excluding hydrogens is 255 g/mol. The number of hydrogen-bond acceptors (Lipinski definition) is 1. The Hall–Kier alpha value is -1.18. The molecule has 2 aromatic rings. The number of halogens is 2. The van der Waals surface area contributed by atoms with Crippen LogP contribution >= 0.6 is 23.2 Å². The van der Waals surface area contributed by atoms with Gasteiger partial charge in [-0.05, 0) is 42.3 Å². The van der Waals surface area contributed by atoms with E-state index in [2.05, 4.69) is 0 Å². The molecule has 2 aromatic carbocycles. The van der Waals surface area contributed by atoms with Gasteiger partial charge in [-0.2, -0.15) is 0 Å². The molecule has 0 heterocycles. The minimum Gasteiger partial charge on any atom is -0.489 e. The number of ether oxygens (including phenoxy) is 1. The Morgan fingerprint density at radius 1 is 1.00 bits per heavy atom. The van der Waals surface area contributed by atoms with Crippen LogP contribution in [0.1, 0.15) is 11.1 Å². The summed E-state index contributed by atoms with van der Waals surface area (Å²) in [5.74, 6) is 0.878. The normalized spacial score (nSPS) is 10.3. The average molecular weight is 267 g/mol. The van der Waals surface area contributed by atoms with Crippen molar-refractivity contribution in [3.05, 3.63) is 63.6 Å². The molecule has 0 fully saturated rings. The lowest BCUT2D eigenvalue weighted by molar-refractivity contribution is 0.304. The SMILES string of the molecule is Cc1ccccc1OCc1cc(Cl)cc(Cl)c1. The standard InChI is InChI=1S/C14H12Cl2O/c1-10-4-2-3-5-14(10)17-9-11-6-12(15)8-13(16)7-11/h2-8H,9H2,1H3. The van der Waals surface area contributed by atoms with Gasteiger partial charge >= 0.3 is 0 Å². The Labute approximate surface area is 111 Å². The summed E-state index contributed by atoms with van der Waals surface area (Å²) in [6, 6.07) is 13.3. The summed E-state index contributed by atoms with van der Waals surface area (Å²) >= 11 is 11.8. The van der Waals surface area contributed by atoms with Crippen molar-refractivity contribution >= 4 is 23.2 Å². The maximum absolute atomic E-state index is 5.92. The van der Waals surface area contributed by atoms with Crippen molar-refractivity contribution < 1.29 is 4.74 Å². The Morgan fingerprint density at radius 3 is 2.29 bits per heavy atom. The highest BCUT2D eigenvalue weighted by Gasteiger charge is 2.01. The third-order valence-corrected chi connectivity index (χ3v) is 2.85. The first-order valence-corrected chi connectivity index (χ1v) is 6.04. The summed E-state index contributed by atoms with van der Waals surface area (Å²) in [6.45, 7) is 2.48. The first-order valence-electron chi connectivity index (χ1n) is 5.28. The summed E-state index contributed by atoms with van der Waals surface area (Å²) in [7, 11) is 0. The van der Waals surface area contributed by atoms with E-state index < -0.39 is 0 Å². The molecular formula is C14H12Cl2O. The quantitative estimate of drug-likeness (QED) is 0.770. The van der Waals surface area contributed by atoms with E-state index >= 15 is 0 Å². The van der Waals surface area contributed by atoms with Gasteiger partial charge in [-0.1, -0.05) is 41.4 Å². The van der Waals surface area contributed by atoms with Gasteiger partial charge in [-0.25, -0.2) is 0 Å². The summed E-state index contributed by atoms with van der Waals surface area (Å²) in [6.07, 6.45) is 0. The van der Waals surface area contributed by atoms with Crippen LogP contribution in [0, 0.1) is 6.92 Å². The molecule has 0 aliphatic carbocycles. The van der Waals surface area contributed by atoms with E-state index in [1.807, 2.05) is 43.3 Å². The highest BCUT2D eigenvalue weighted by molar-refractivity contribution is 6.34. The van der Waals surface area contributed by atoms with E-state index in [0.717, 1.165) is 16.9 Å². The molecule has 0 aliphatic heterocycles. The fraction of sp³-hybridized carbons (Fsp3) is 0.143. The van der Waals surface area contributed by atoms with Crippen LogP contribution in [0.3, 0.4) is 0 Å². The van der Waals surface area contributed by atoms with E-state index in [0.29, 0.717) is 16.7 Å². The maximum atomic E-state index is 5.92. The predicted octanol–water partition coefficient (Wildman–Crippen LogP) is 4.88. The predicted molar refractivity (Wildman–Crippen MR) is 72.0 cm³/mol. The zero-order valence-electron chi connectivity index (χ0n) is 9.41. The van der Waals surface area contributed by atoms with E-state index in [9.17, 15) is 0 Å². The molecule has 0 N–H and O–H groups in total. The molecule has 0 aliphatic rings. The molecule has 0 radical (unpaired) electrons. The number of rotatable bonds is 3. The van der Waals surface area contributed by atoms with Crippen LogP contribution in [0.2, 0.25) is 10.0 Å². The maximum Gasteiger partial charge on any atom is 0.122 e. The monoisotopic (exact) mass is 266 g/mol. The Balaban J connectivity index is 2.10. The highest BCUT2D eigenvalue weighted by atomic mass is 35.5. The molecule has 0 amide bonds. The van der Waals surface area contributed by atoms with Gasteiger partial charge in [-0.15, -0.1) is 0 Å². The zero-order chi connectivity index (χ0) is 12.3. The van der Waals surface area contributed by atoms with E-state index in [4.69, 9.17) is 27.9 Å². The molecule has 0 unspecified atom stereocenters. The Bertz CT molecular complexity index is 503. The fourth-order valence-corrected chi connectivity index (χ4v) is 2.14. The van der Waals surface area contributed by atoms with Crippen molar-refractivity contribution in [3.63, 3.8) is 0 Å². The number of hydrogen-bond donors (Lipinski definition) is 0. The third kappa shape index (κ3) is 3.39. The lowest BCUT2D eigenvalue weighted by atomic mass is 10.2.